The van der Waals surface area contributed by atoms with Crippen LogP contribution in [0.5, 0.6) is 0 Å². The van der Waals surface area contributed by atoms with Crippen molar-refractivity contribution >= 4 is 5.91 Å². The molecule has 1 aromatic carbocycles. The predicted molar refractivity (Wildman–Crippen MR) is 72.3 cm³/mol. The summed E-state index contributed by atoms with van der Waals surface area (Å²) in [6, 6.07) is 8.05. The molecule has 0 spiro atoms. The van der Waals surface area contributed by atoms with Gasteiger partial charge in [0.2, 0.25) is 5.91 Å². The molecule has 1 heterocycles. The molecule has 2 rings (SSSR count). The molecular weight excluding hydrogens is 226 g/mol. The first-order valence-electron chi connectivity index (χ1n) is 6.46. The molecule has 0 bridgehead atoms. The highest BCUT2D eigenvalue weighted by Gasteiger charge is 2.16. The topological polar surface area (TPSA) is 58.4 Å². The second-order valence-electron chi connectivity index (χ2n) is 5.04. The fourth-order valence-corrected chi connectivity index (χ4v) is 2.38. The van der Waals surface area contributed by atoms with Crippen LogP contribution in [0.4, 0.5) is 0 Å². The summed E-state index contributed by atoms with van der Waals surface area (Å²) in [4.78, 5) is 13.3. The molecule has 3 N–H and O–H groups in total. The number of piperidine rings is 1. The first kappa shape index (κ1) is 13.1. The monoisotopic (exact) mass is 247 g/mol. The van der Waals surface area contributed by atoms with E-state index in [9.17, 15) is 4.79 Å². The number of likely N-dealkylation sites (tertiary alicyclic amines) is 1. The molecule has 18 heavy (non-hydrogen) atoms. The predicted octanol–water partition coefficient (Wildman–Crippen LogP) is 0.969. The molecule has 1 aliphatic heterocycles. The van der Waals surface area contributed by atoms with Crippen LogP contribution >= 0.6 is 0 Å². The number of nitrogens with one attached hydrogen (secondary N) is 1. The smallest absolute Gasteiger partial charge is 0.248 e. The Labute approximate surface area is 108 Å². The van der Waals surface area contributed by atoms with Crippen molar-refractivity contribution in [1.82, 2.24) is 10.2 Å². The van der Waals surface area contributed by atoms with Crippen molar-refractivity contribution in [3.05, 3.63) is 35.4 Å². The van der Waals surface area contributed by atoms with E-state index in [2.05, 4.69) is 17.3 Å². The Bertz CT molecular complexity index is 402. The number of carbonyl (C=O) groups is 1. The molecule has 1 unspecified atom stereocenters. The Kier molecular flexibility index (Phi) is 4.33. The summed E-state index contributed by atoms with van der Waals surface area (Å²) >= 11 is 0. The normalized spacial score (nSPS) is 20.8. The zero-order valence-corrected chi connectivity index (χ0v) is 10.9. The number of carbonyl (C=O) groups excluding carboxylic acids is 1. The lowest BCUT2D eigenvalue weighted by atomic mass is 10.1. The number of likely N-dealkylation sites (N-methyl/N-ethyl adjacent to an activating group) is 1. The van der Waals surface area contributed by atoms with Gasteiger partial charge in [-0.25, -0.2) is 0 Å². The van der Waals surface area contributed by atoms with Gasteiger partial charge in [-0.2, -0.15) is 0 Å². The number of nitrogens with two attached hydrogens (primary N) is 1. The second kappa shape index (κ2) is 5.98. The molecule has 1 aliphatic rings. The molecule has 0 saturated carbocycles. The fraction of sp³-hybridized carbons (Fsp3) is 0.500. The highest BCUT2D eigenvalue weighted by molar-refractivity contribution is 5.92. The Morgan fingerprint density at radius 3 is 2.78 bits per heavy atom. The van der Waals surface area contributed by atoms with E-state index >= 15 is 0 Å². The van der Waals surface area contributed by atoms with Crippen LogP contribution in [-0.2, 0) is 6.54 Å². The summed E-state index contributed by atoms with van der Waals surface area (Å²) in [5.74, 6) is -0.372. The summed E-state index contributed by atoms with van der Waals surface area (Å²) in [6.07, 6.45) is 2.50. The van der Waals surface area contributed by atoms with Gasteiger partial charge in [0.25, 0.3) is 0 Å². The Hall–Kier alpha value is -1.39. The van der Waals surface area contributed by atoms with E-state index in [1.54, 1.807) is 12.1 Å². The molecule has 4 nitrogen and oxygen atoms in total. The number of primary amides is 1. The molecule has 1 saturated heterocycles. The van der Waals surface area contributed by atoms with Crippen LogP contribution in [0.15, 0.2) is 24.3 Å². The van der Waals surface area contributed by atoms with E-state index in [-0.39, 0.29) is 5.91 Å². The van der Waals surface area contributed by atoms with Crippen molar-refractivity contribution < 1.29 is 4.79 Å². The van der Waals surface area contributed by atoms with Crippen LogP contribution in [0.3, 0.4) is 0 Å². The summed E-state index contributed by atoms with van der Waals surface area (Å²) in [7, 11) is 2.16. The zero-order valence-electron chi connectivity index (χ0n) is 10.9. The zero-order chi connectivity index (χ0) is 13.0. The first-order chi connectivity index (χ1) is 8.65. The van der Waals surface area contributed by atoms with E-state index in [1.807, 2.05) is 12.1 Å². The number of hydrogen-bond donors (Lipinski definition) is 2. The van der Waals surface area contributed by atoms with Gasteiger partial charge >= 0.3 is 0 Å². The molecular formula is C14H21N3O. The van der Waals surface area contributed by atoms with E-state index in [0.717, 1.165) is 13.1 Å². The SMILES string of the molecule is CN1CCCC(NCc2ccc(C(N)=O)cc2)C1. The van der Waals surface area contributed by atoms with Crippen molar-refractivity contribution in [2.75, 3.05) is 20.1 Å². The molecule has 1 aromatic rings. The minimum atomic E-state index is -0.372. The first-order valence-corrected chi connectivity index (χ1v) is 6.46. The van der Waals surface area contributed by atoms with Crippen LogP contribution < -0.4 is 11.1 Å². The van der Waals surface area contributed by atoms with Gasteiger partial charge in [-0.3, -0.25) is 4.79 Å². The van der Waals surface area contributed by atoms with Gasteiger partial charge in [0, 0.05) is 24.7 Å². The fourth-order valence-electron chi connectivity index (χ4n) is 2.38. The lowest BCUT2D eigenvalue weighted by molar-refractivity contribution is 0.100. The highest BCUT2D eigenvalue weighted by Crippen LogP contribution is 2.09. The highest BCUT2D eigenvalue weighted by atomic mass is 16.1. The maximum atomic E-state index is 11.0. The minimum absolute atomic E-state index is 0.372. The minimum Gasteiger partial charge on any atom is -0.366 e. The molecule has 0 radical (unpaired) electrons. The van der Waals surface area contributed by atoms with E-state index in [4.69, 9.17) is 5.73 Å². The summed E-state index contributed by atoms with van der Waals surface area (Å²) in [5, 5.41) is 3.56. The summed E-state index contributed by atoms with van der Waals surface area (Å²) in [5.41, 5.74) is 6.96. The van der Waals surface area contributed by atoms with Gasteiger partial charge < -0.3 is 16.0 Å². The van der Waals surface area contributed by atoms with E-state index in [0.29, 0.717) is 11.6 Å². The molecule has 1 atom stereocenters. The average Bonchev–Trinajstić information content (AvgIpc) is 2.37. The molecule has 0 aromatic heterocycles. The summed E-state index contributed by atoms with van der Waals surface area (Å²) < 4.78 is 0. The molecule has 4 heteroatoms. The molecule has 1 amide bonds. The third-order valence-corrected chi connectivity index (χ3v) is 3.46. The Morgan fingerprint density at radius 1 is 1.44 bits per heavy atom. The number of rotatable bonds is 4. The van der Waals surface area contributed by atoms with Gasteiger partial charge in [-0.15, -0.1) is 0 Å². The van der Waals surface area contributed by atoms with Crippen molar-refractivity contribution in [3.63, 3.8) is 0 Å². The lowest BCUT2D eigenvalue weighted by Crippen LogP contribution is -2.43. The number of amides is 1. The standard InChI is InChI=1S/C14H21N3O/c1-17-8-2-3-13(10-17)16-9-11-4-6-12(7-5-11)14(15)18/h4-7,13,16H,2-3,8-10H2,1H3,(H2,15,18). The third-order valence-electron chi connectivity index (χ3n) is 3.46. The lowest BCUT2D eigenvalue weighted by Gasteiger charge is -2.30. The van der Waals surface area contributed by atoms with Crippen molar-refractivity contribution in [2.45, 2.75) is 25.4 Å². The van der Waals surface area contributed by atoms with Crippen LogP contribution in [0.25, 0.3) is 0 Å². The van der Waals surface area contributed by atoms with E-state index in [1.165, 1.54) is 24.9 Å². The molecule has 98 valence electrons. The van der Waals surface area contributed by atoms with Gasteiger partial charge in [-0.05, 0) is 44.1 Å². The summed E-state index contributed by atoms with van der Waals surface area (Å²) in [6.45, 7) is 3.16. The largest absolute Gasteiger partial charge is 0.366 e. The van der Waals surface area contributed by atoms with Gasteiger partial charge in [-0.1, -0.05) is 12.1 Å². The van der Waals surface area contributed by atoms with Crippen molar-refractivity contribution in [3.8, 4) is 0 Å². The van der Waals surface area contributed by atoms with Crippen LogP contribution in [0.1, 0.15) is 28.8 Å². The van der Waals surface area contributed by atoms with Gasteiger partial charge in [0.15, 0.2) is 0 Å². The Balaban J connectivity index is 1.84. The number of nitrogens with zero attached hydrogens (tertiary/aromatic N) is 1. The van der Waals surface area contributed by atoms with Crippen LogP contribution in [-0.4, -0.2) is 37.0 Å². The molecule has 1 fully saturated rings. The van der Waals surface area contributed by atoms with Crippen LogP contribution in [0.2, 0.25) is 0 Å². The van der Waals surface area contributed by atoms with Gasteiger partial charge in [0.05, 0.1) is 0 Å². The molecule has 0 aliphatic carbocycles. The average molecular weight is 247 g/mol. The van der Waals surface area contributed by atoms with E-state index < -0.39 is 0 Å². The Morgan fingerprint density at radius 2 is 2.17 bits per heavy atom. The number of benzene rings is 1. The quantitative estimate of drug-likeness (QED) is 0.833. The number of hydrogen-bond acceptors (Lipinski definition) is 3. The second-order valence-corrected chi connectivity index (χ2v) is 5.04. The van der Waals surface area contributed by atoms with Gasteiger partial charge in [0.1, 0.15) is 0 Å². The van der Waals surface area contributed by atoms with Crippen molar-refractivity contribution in [2.24, 2.45) is 5.73 Å². The third kappa shape index (κ3) is 3.55. The van der Waals surface area contributed by atoms with Crippen LogP contribution in [0, 0.1) is 0 Å². The van der Waals surface area contributed by atoms with Crippen molar-refractivity contribution in [1.29, 1.82) is 0 Å². The maximum Gasteiger partial charge on any atom is 0.248 e. The maximum absolute atomic E-state index is 11.0.